The van der Waals surface area contributed by atoms with Gasteiger partial charge >= 0.3 is 6.03 Å². The lowest BCUT2D eigenvalue weighted by Crippen LogP contribution is -2.55. The fourth-order valence-electron chi connectivity index (χ4n) is 3.49. The van der Waals surface area contributed by atoms with Crippen molar-refractivity contribution in [2.24, 2.45) is 0 Å². The molecule has 0 spiro atoms. The summed E-state index contributed by atoms with van der Waals surface area (Å²) in [5, 5.41) is 3.03. The number of nitrogens with zero attached hydrogens (tertiary/aromatic N) is 3. The third kappa shape index (κ3) is 4.41. The second-order valence-corrected chi connectivity index (χ2v) is 8.39. The third-order valence-corrected chi connectivity index (χ3v) is 5.17. The first-order chi connectivity index (χ1) is 12.8. The number of nitrogens with one attached hydrogen (secondary N) is 1. The van der Waals surface area contributed by atoms with Crippen molar-refractivity contribution < 1.29 is 4.79 Å². The molecule has 1 fully saturated rings. The van der Waals surface area contributed by atoms with Gasteiger partial charge in [0, 0.05) is 37.6 Å². The van der Waals surface area contributed by atoms with Crippen LogP contribution in [0.5, 0.6) is 0 Å². The van der Waals surface area contributed by atoms with Crippen molar-refractivity contribution in [1.82, 2.24) is 9.88 Å². The summed E-state index contributed by atoms with van der Waals surface area (Å²) >= 11 is 0. The number of benzene rings is 1. The van der Waals surface area contributed by atoms with Gasteiger partial charge in [0.05, 0.1) is 0 Å². The van der Waals surface area contributed by atoms with Crippen LogP contribution in [-0.4, -0.2) is 41.6 Å². The molecule has 5 heteroatoms. The molecule has 1 atom stereocenters. The van der Waals surface area contributed by atoms with Crippen LogP contribution in [0, 0.1) is 6.92 Å². The second-order valence-electron chi connectivity index (χ2n) is 8.39. The van der Waals surface area contributed by atoms with Gasteiger partial charge in [-0.05, 0) is 48.6 Å². The Morgan fingerprint density at radius 2 is 1.85 bits per heavy atom. The van der Waals surface area contributed by atoms with E-state index in [2.05, 4.69) is 68.0 Å². The highest BCUT2D eigenvalue weighted by Crippen LogP contribution is 2.24. The van der Waals surface area contributed by atoms with Crippen molar-refractivity contribution in [3.05, 3.63) is 53.7 Å². The molecule has 1 aliphatic rings. The molecular weight excluding hydrogens is 336 g/mol. The number of carbonyl (C=O) groups is 1. The van der Waals surface area contributed by atoms with Crippen LogP contribution in [0.3, 0.4) is 0 Å². The van der Waals surface area contributed by atoms with Crippen molar-refractivity contribution in [3.63, 3.8) is 0 Å². The van der Waals surface area contributed by atoms with E-state index < -0.39 is 0 Å². The Labute approximate surface area is 162 Å². The summed E-state index contributed by atoms with van der Waals surface area (Å²) in [5.41, 5.74) is 3.37. The topological polar surface area (TPSA) is 48.5 Å². The number of rotatable bonds is 2. The largest absolute Gasteiger partial charge is 0.350 e. The number of pyridine rings is 1. The van der Waals surface area contributed by atoms with E-state index in [0.29, 0.717) is 13.1 Å². The van der Waals surface area contributed by atoms with Gasteiger partial charge in [-0.1, -0.05) is 39.0 Å². The Morgan fingerprint density at radius 1 is 1.15 bits per heavy atom. The fraction of sp³-hybridized carbons (Fsp3) is 0.455. The van der Waals surface area contributed by atoms with Crippen LogP contribution in [0.15, 0.2) is 42.6 Å². The van der Waals surface area contributed by atoms with E-state index in [1.807, 2.05) is 29.3 Å². The first kappa shape index (κ1) is 19.2. The molecule has 1 saturated heterocycles. The highest BCUT2D eigenvalue weighted by Gasteiger charge is 2.28. The number of aryl methyl sites for hydroxylation is 1. The molecule has 1 aromatic heterocycles. The van der Waals surface area contributed by atoms with Crippen LogP contribution in [-0.2, 0) is 5.41 Å². The summed E-state index contributed by atoms with van der Waals surface area (Å²) in [6, 6.07) is 12.3. The second kappa shape index (κ2) is 7.59. The Bertz CT molecular complexity index is 795. The Morgan fingerprint density at radius 3 is 2.44 bits per heavy atom. The van der Waals surface area contributed by atoms with Gasteiger partial charge in [-0.15, -0.1) is 0 Å². The van der Waals surface area contributed by atoms with Crippen LogP contribution in [0.4, 0.5) is 16.3 Å². The van der Waals surface area contributed by atoms with Crippen LogP contribution < -0.4 is 10.2 Å². The average Bonchev–Trinajstić information content (AvgIpc) is 2.62. The van der Waals surface area contributed by atoms with Gasteiger partial charge in [0.2, 0.25) is 0 Å². The summed E-state index contributed by atoms with van der Waals surface area (Å²) in [7, 11) is 0. The van der Waals surface area contributed by atoms with E-state index in [1.165, 1.54) is 11.1 Å². The predicted molar refractivity (Wildman–Crippen MR) is 112 cm³/mol. The molecule has 0 saturated carbocycles. The molecule has 2 heterocycles. The molecule has 0 aliphatic carbocycles. The van der Waals surface area contributed by atoms with Crippen LogP contribution in [0.25, 0.3) is 0 Å². The van der Waals surface area contributed by atoms with Gasteiger partial charge in [-0.2, -0.15) is 0 Å². The van der Waals surface area contributed by atoms with E-state index in [1.54, 1.807) is 0 Å². The Kier molecular flexibility index (Phi) is 5.40. The molecule has 1 N–H and O–H groups in total. The molecule has 0 radical (unpaired) electrons. The maximum absolute atomic E-state index is 12.7. The van der Waals surface area contributed by atoms with Gasteiger partial charge in [0.1, 0.15) is 5.82 Å². The lowest BCUT2D eigenvalue weighted by atomic mass is 9.87. The van der Waals surface area contributed by atoms with Crippen molar-refractivity contribution in [3.8, 4) is 0 Å². The van der Waals surface area contributed by atoms with E-state index in [-0.39, 0.29) is 17.5 Å². The Hall–Kier alpha value is -2.56. The lowest BCUT2D eigenvalue weighted by Gasteiger charge is -2.41. The van der Waals surface area contributed by atoms with Crippen molar-refractivity contribution in [2.45, 2.75) is 46.1 Å². The minimum atomic E-state index is -0.0391. The van der Waals surface area contributed by atoms with Crippen molar-refractivity contribution in [2.75, 3.05) is 29.9 Å². The molecule has 1 aliphatic heterocycles. The third-order valence-electron chi connectivity index (χ3n) is 5.17. The first-order valence-corrected chi connectivity index (χ1v) is 9.60. The number of anilines is 2. The minimum absolute atomic E-state index is 0.0391. The summed E-state index contributed by atoms with van der Waals surface area (Å²) in [5.74, 6) is 1.02. The number of hydrogen-bond acceptors (Lipinski definition) is 3. The van der Waals surface area contributed by atoms with E-state index in [9.17, 15) is 4.79 Å². The Balaban J connectivity index is 1.62. The lowest BCUT2D eigenvalue weighted by molar-refractivity contribution is 0.200. The smallest absolute Gasteiger partial charge is 0.321 e. The van der Waals surface area contributed by atoms with Gasteiger partial charge < -0.3 is 15.1 Å². The SMILES string of the molecule is Cc1cccnc1N1CCN(C(=O)Nc2ccc(C(C)(C)C)cc2)C[C@H]1C. The number of urea groups is 1. The van der Waals surface area contributed by atoms with Gasteiger partial charge in [-0.25, -0.2) is 9.78 Å². The first-order valence-electron chi connectivity index (χ1n) is 9.60. The van der Waals surface area contributed by atoms with Gasteiger partial charge in [-0.3, -0.25) is 0 Å². The molecule has 0 unspecified atom stereocenters. The van der Waals surface area contributed by atoms with Crippen molar-refractivity contribution >= 4 is 17.5 Å². The van der Waals surface area contributed by atoms with Gasteiger partial charge in [0.15, 0.2) is 0 Å². The van der Waals surface area contributed by atoms with Crippen LogP contribution >= 0.6 is 0 Å². The zero-order chi connectivity index (χ0) is 19.6. The molecule has 144 valence electrons. The zero-order valence-corrected chi connectivity index (χ0v) is 17.0. The molecule has 0 bridgehead atoms. The molecule has 2 amide bonds. The van der Waals surface area contributed by atoms with Crippen LogP contribution in [0.2, 0.25) is 0 Å². The van der Waals surface area contributed by atoms with E-state index in [0.717, 1.165) is 18.1 Å². The number of hydrogen-bond donors (Lipinski definition) is 1. The van der Waals surface area contributed by atoms with Crippen molar-refractivity contribution in [1.29, 1.82) is 0 Å². The van der Waals surface area contributed by atoms with E-state index in [4.69, 9.17) is 0 Å². The summed E-state index contributed by atoms with van der Waals surface area (Å²) in [6.45, 7) is 12.9. The van der Waals surface area contributed by atoms with Crippen LogP contribution in [0.1, 0.15) is 38.8 Å². The maximum Gasteiger partial charge on any atom is 0.321 e. The monoisotopic (exact) mass is 366 g/mol. The molecule has 5 nitrogen and oxygen atoms in total. The number of amides is 2. The maximum atomic E-state index is 12.7. The molecule has 3 rings (SSSR count). The molecule has 27 heavy (non-hydrogen) atoms. The predicted octanol–water partition coefficient (Wildman–Crippen LogP) is 4.43. The molecular formula is C22H30N4O. The number of aromatic nitrogens is 1. The standard InChI is InChI=1S/C22H30N4O/c1-16-7-6-12-23-20(16)26-14-13-25(15-17(26)2)21(27)24-19-10-8-18(9-11-19)22(3,4)5/h6-12,17H,13-15H2,1-5H3,(H,24,27)/t17-/m1/s1. The number of carbonyl (C=O) groups excluding carboxylic acids is 1. The molecule has 2 aromatic rings. The normalized spacial score (nSPS) is 17.7. The highest BCUT2D eigenvalue weighted by atomic mass is 16.2. The fourth-order valence-corrected chi connectivity index (χ4v) is 3.49. The summed E-state index contributed by atoms with van der Waals surface area (Å²) in [4.78, 5) is 21.4. The van der Waals surface area contributed by atoms with E-state index >= 15 is 0 Å². The summed E-state index contributed by atoms with van der Waals surface area (Å²) < 4.78 is 0. The summed E-state index contributed by atoms with van der Waals surface area (Å²) in [6.07, 6.45) is 1.83. The highest BCUT2D eigenvalue weighted by molar-refractivity contribution is 5.89. The molecule has 1 aromatic carbocycles. The zero-order valence-electron chi connectivity index (χ0n) is 17.0. The van der Waals surface area contributed by atoms with Gasteiger partial charge in [0.25, 0.3) is 0 Å². The number of piperazine rings is 1. The minimum Gasteiger partial charge on any atom is -0.350 e. The average molecular weight is 367 g/mol. The quantitative estimate of drug-likeness (QED) is 0.855.